The summed E-state index contributed by atoms with van der Waals surface area (Å²) in [5.41, 5.74) is 1.65. The van der Waals surface area contributed by atoms with Crippen molar-refractivity contribution >= 4 is 11.6 Å². The molecule has 0 aliphatic rings. The van der Waals surface area contributed by atoms with E-state index in [0.717, 1.165) is 5.56 Å². The standard InChI is InChI=1S/C25H23ClF2O/c1-17(2)23(19-9-11-20(26)12-10-19)16-21(27)14-18-8-13-24(28)25(15-18)29-22-6-4-3-5-7-22/h3-13,15-17,23H,14H2,1-2H3/b21-16-. The molecule has 0 aromatic heterocycles. The normalized spacial score (nSPS) is 12.8. The van der Waals surface area contributed by atoms with Crippen LogP contribution in [0.2, 0.25) is 5.02 Å². The van der Waals surface area contributed by atoms with Crippen LogP contribution in [0.4, 0.5) is 8.78 Å². The van der Waals surface area contributed by atoms with E-state index in [0.29, 0.717) is 16.3 Å². The smallest absolute Gasteiger partial charge is 0.165 e. The maximum absolute atomic E-state index is 14.8. The minimum atomic E-state index is -0.483. The molecule has 3 rings (SSSR count). The molecule has 0 amide bonds. The minimum absolute atomic E-state index is 0.0717. The first kappa shape index (κ1) is 21.1. The average Bonchev–Trinajstić information content (AvgIpc) is 2.70. The Morgan fingerprint density at radius 3 is 2.34 bits per heavy atom. The molecule has 0 saturated heterocycles. The zero-order valence-corrected chi connectivity index (χ0v) is 17.2. The fraction of sp³-hybridized carbons (Fsp3) is 0.200. The Bertz CT molecular complexity index is 966. The van der Waals surface area contributed by atoms with Crippen molar-refractivity contribution < 1.29 is 13.5 Å². The Morgan fingerprint density at radius 1 is 1.00 bits per heavy atom. The summed E-state index contributed by atoms with van der Waals surface area (Å²) in [5, 5.41) is 0.651. The molecule has 150 valence electrons. The summed E-state index contributed by atoms with van der Waals surface area (Å²) in [6.07, 6.45) is 1.71. The molecule has 29 heavy (non-hydrogen) atoms. The van der Waals surface area contributed by atoms with Crippen LogP contribution in [0.25, 0.3) is 0 Å². The van der Waals surface area contributed by atoms with E-state index in [1.807, 2.05) is 56.3 Å². The van der Waals surface area contributed by atoms with E-state index in [2.05, 4.69) is 0 Å². The first-order chi connectivity index (χ1) is 13.9. The molecule has 0 spiro atoms. The van der Waals surface area contributed by atoms with Crippen LogP contribution in [0, 0.1) is 11.7 Å². The zero-order chi connectivity index (χ0) is 20.8. The van der Waals surface area contributed by atoms with E-state index < -0.39 is 5.82 Å². The lowest BCUT2D eigenvalue weighted by molar-refractivity contribution is 0.441. The molecule has 0 fully saturated rings. The summed E-state index contributed by atoms with van der Waals surface area (Å²) in [6, 6.07) is 20.8. The van der Waals surface area contributed by atoms with Gasteiger partial charge in [-0.2, -0.15) is 0 Å². The molecule has 0 heterocycles. The molecule has 3 aromatic rings. The minimum Gasteiger partial charge on any atom is -0.454 e. The first-order valence-corrected chi connectivity index (χ1v) is 9.93. The van der Waals surface area contributed by atoms with Crippen LogP contribution in [0.5, 0.6) is 11.5 Å². The van der Waals surface area contributed by atoms with Gasteiger partial charge >= 0.3 is 0 Å². The van der Waals surface area contributed by atoms with Crippen LogP contribution in [0.15, 0.2) is 84.7 Å². The van der Waals surface area contributed by atoms with E-state index in [1.54, 1.807) is 30.3 Å². The molecule has 1 unspecified atom stereocenters. The molecular formula is C25H23ClF2O. The highest BCUT2D eigenvalue weighted by Gasteiger charge is 2.15. The van der Waals surface area contributed by atoms with E-state index >= 15 is 0 Å². The third-order valence-corrected chi connectivity index (χ3v) is 4.93. The molecule has 3 aromatic carbocycles. The van der Waals surface area contributed by atoms with Crippen LogP contribution >= 0.6 is 11.6 Å². The Labute approximate surface area is 175 Å². The topological polar surface area (TPSA) is 9.23 Å². The number of para-hydroxylation sites is 1. The molecule has 0 aliphatic heterocycles. The summed E-state index contributed by atoms with van der Waals surface area (Å²) in [6.45, 7) is 4.10. The molecule has 0 radical (unpaired) electrons. The van der Waals surface area contributed by atoms with Gasteiger partial charge in [0, 0.05) is 17.4 Å². The van der Waals surface area contributed by atoms with E-state index in [9.17, 15) is 8.78 Å². The number of hydrogen-bond donors (Lipinski definition) is 0. The van der Waals surface area contributed by atoms with Crippen molar-refractivity contribution in [3.63, 3.8) is 0 Å². The van der Waals surface area contributed by atoms with Gasteiger partial charge in [-0.3, -0.25) is 0 Å². The summed E-state index contributed by atoms with van der Waals surface area (Å²) in [5.74, 6) is 0.000730. The quantitative estimate of drug-likeness (QED) is 0.380. The molecule has 1 atom stereocenters. The highest BCUT2D eigenvalue weighted by atomic mass is 35.5. The van der Waals surface area contributed by atoms with Gasteiger partial charge in [0.05, 0.1) is 0 Å². The van der Waals surface area contributed by atoms with Gasteiger partial charge in [0.15, 0.2) is 11.6 Å². The summed E-state index contributed by atoms with van der Waals surface area (Å²) >= 11 is 5.96. The van der Waals surface area contributed by atoms with Gasteiger partial charge in [0.1, 0.15) is 11.6 Å². The van der Waals surface area contributed by atoms with Gasteiger partial charge in [-0.15, -0.1) is 0 Å². The molecule has 0 saturated carbocycles. The van der Waals surface area contributed by atoms with Crippen molar-refractivity contribution in [2.45, 2.75) is 26.2 Å². The number of halogens is 3. The van der Waals surface area contributed by atoms with E-state index in [-0.39, 0.29) is 29.8 Å². The van der Waals surface area contributed by atoms with Crippen molar-refractivity contribution in [3.8, 4) is 11.5 Å². The maximum atomic E-state index is 14.8. The van der Waals surface area contributed by atoms with Crippen molar-refractivity contribution in [1.29, 1.82) is 0 Å². The summed E-state index contributed by atoms with van der Waals surface area (Å²) in [4.78, 5) is 0. The second-order valence-corrected chi connectivity index (χ2v) is 7.73. The molecule has 0 bridgehead atoms. The highest BCUT2D eigenvalue weighted by Crippen LogP contribution is 2.30. The van der Waals surface area contributed by atoms with Gasteiger partial charge in [-0.1, -0.05) is 61.8 Å². The Kier molecular flexibility index (Phi) is 7.05. The van der Waals surface area contributed by atoms with Crippen molar-refractivity contribution in [2.24, 2.45) is 5.92 Å². The summed E-state index contributed by atoms with van der Waals surface area (Å²) in [7, 11) is 0. The van der Waals surface area contributed by atoms with Gasteiger partial charge in [0.2, 0.25) is 0 Å². The van der Waals surface area contributed by atoms with Crippen molar-refractivity contribution in [1.82, 2.24) is 0 Å². The fourth-order valence-corrected chi connectivity index (χ4v) is 3.28. The maximum Gasteiger partial charge on any atom is 0.165 e. The molecule has 1 nitrogen and oxygen atoms in total. The van der Waals surface area contributed by atoms with Crippen molar-refractivity contribution in [3.05, 3.63) is 107 Å². The number of hydrogen-bond acceptors (Lipinski definition) is 1. The van der Waals surface area contributed by atoms with Crippen LogP contribution in [0.1, 0.15) is 30.9 Å². The average molecular weight is 413 g/mol. The zero-order valence-electron chi connectivity index (χ0n) is 16.4. The second kappa shape index (κ2) is 9.71. The first-order valence-electron chi connectivity index (χ1n) is 9.55. The fourth-order valence-electron chi connectivity index (χ4n) is 3.16. The summed E-state index contributed by atoms with van der Waals surface area (Å²) < 4.78 is 34.5. The Hall–Kier alpha value is -2.65. The lowest BCUT2D eigenvalue weighted by Crippen LogP contribution is -2.05. The largest absolute Gasteiger partial charge is 0.454 e. The van der Waals surface area contributed by atoms with Gasteiger partial charge < -0.3 is 4.74 Å². The second-order valence-electron chi connectivity index (χ2n) is 7.29. The molecule has 4 heteroatoms. The number of allylic oxidation sites excluding steroid dienone is 2. The lowest BCUT2D eigenvalue weighted by Gasteiger charge is -2.18. The van der Waals surface area contributed by atoms with Gasteiger partial charge in [-0.25, -0.2) is 8.78 Å². The number of ether oxygens (including phenoxy) is 1. The third-order valence-electron chi connectivity index (χ3n) is 4.67. The number of benzene rings is 3. The lowest BCUT2D eigenvalue weighted by atomic mass is 9.87. The third kappa shape index (κ3) is 5.91. The van der Waals surface area contributed by atoms with Gasteiger partial charge in [-0.05, 0) is 59.5 Å². The van der Waals surface area contributed by atoms with Gasteiger partial charge in [0.25, 0.3) is 0 Å². The van der Waals surface area contributed by atoms with Crippen LogP contribution in [0.3, 0.4) is 0 Å². The Balaban J connectivity index is 1.79. The number of rotatable bonds is 7. The van der Waals surface area contributed by atoms with E-state index in [1.165, 1.54) is 6.07 Å². The van der Waals surface area contributed by atoms with E-state index in [4.69, 9.17) is 16.3 Å². The Morgan fingerprint density at radius 2 is 1.69 bits per heavy atom. The monoisotopic (exact) mass is 412 g/mol. The SMILES string of the molecule is CC(C)C(/C=C(\F)Cc1ccc(F)c(Oc2ccccc2)c1)c1ccc(Cl)cc1. The molecular weight excluding hydrogens is 390 g/mol. The highest BCUT2D eigenvalue weighted by molar-refractivity contribution is 6.30. The van der Waals surface area contributed by atoms with Crippen molar-refractivity contribution in [2.75, 3.05) is 0 Å². The predicted octanol–water partition coefficient (Wildman–Crippen LogP) is 8.11. The predicted molar refractivity (Wildman–Crippen MR) is 115 cm³/mol. The molecule has 0 N–H and O–H groups in total. The molecule has 0 aliphatic carbocycles. The van der Waals surface area contributed by atoms with Crippen LogP contribution < -0.4 is 4.74 Å². The van der Waals surface area contributed by atoms with Crippen LogP contribution in [-0.2, 0) is 6.42 Å². The van der Waals surface area contributed by atoms with Crippen LogP contribution in [-0.4, -0.2) is 0 Å².